The van der Waals surface area contributed by atoms with Gasteiger partial charge in [-0.3, -0.25) is 14.4 Å². The molecule has 0 aromatic heterocycles. The average Bonchev–Trinajstić information content (AvgIpc) is 3.31. The average molecular weight is 506 g/mol. The normalized spacial score (nSPS) is 34.3. The molecule has 0 saturated carbocycles. The van der Waals surface area contributed by atoms with Crippen LogP contribution in [0, 0.1) is 23.7 Å². The number of rotatable bonds is 8. The lowest BCUT2D eigenvalue weighted by molar-refractivity contribution is -0.150. The number of carbonyl (C=O) groups is 3. The van der Waals surface area contributed by atoms with E-state index in [2.05, 4.69) is 10.6 Å². The number of likely N-dealkylation sites (tertiary alicyclic amines) is 1. The van der Waals surface area contributed by atoms with Crippen LogP contribution in [0.3, 0.4) is 0 Å². The van der Waals surface area contributed by atoms with Crippen molar-refractivity contribution in [1.82, 2.24) is 10.2 Å². The molecule has 3 heterocycles. The molecule has 9 heteroatoms. The molecule has 3 fully saturated rings. The molecule has 3 unspecified atom stereocenters. The Morgan fingerprint density at radius 1 is 1.26 bits per heavy atom. The van der Waals surface area contributed by atoms with E-state index in [0.29, 0.717) is 23.7 Å². The predicted molar refractivity (Wildman–Crippen MR) is 133 cm³/mol. The van der Waals surface area contributed by atoms with Gasteiger partial charge in [-0.15, -0.1) is 0 Å². The highest BCUT2D eigenvalue weighted by molar-refractivity contribution is 6.30. The molecule has 3 saturated heterocycles. The first kappa shape index (κ1) is 25.9. The summed E-state index contributed by atoms with van der Waals surface area (Å²) >= 11 is 6.00. The SMILES string of the molecule is CCCNC(=O)[C@H]1[C@H]2C(=O)N([C@@H](CO)C(C)C)C(C(=O)Nc3ccc(Cl)cc3)C23CC(C)[C@]1(C)O3. The van der Waals surface area contributed by atoms with Gasteiger partial charge in [0.15, 0.2) is 0 Å². The number of ether oxygens (including phenoxy) is 1. The molecule has 3 N–H and O–H groups in total. The zero-order valence-corrected chi connectivity index (χ0v) is 21.8. The van der Waals surface area contributed by atoms with Crippen LogP contribution >= 0.6 is 11.6 Å². The summed E-state index contributed by atoms with van der Waals surface area (Å²) in [6.07, 6.45) is 1.25. The third-order valence-electron chi connectivity index (χ3n) is 8.26. The first-order chi connectivity index (χ1) is 16.5. The van der Waals surface area contributed by atoms with Crippen molar-refractivity contribution in [2.75, 3.05) is 18.5 Å². The van der Waals surface area contributed by atoms with Crippen molar-refractivity contribution < 1.29 is 24.2 Å². The highest BCUT2D eigenvalue weighted by atomic mass is 35.5. The number of carbonyl (C=O) groups excluding carboxylic acids is 3. The van der Waals surface area contributed by atoms with Crippen molar-refractivity contribution in [3.05, 3.63) is 29.3 Å². The van der Waals surface area contributed by atoms with Crippen LogP contribution in [0.4, 0.5) is 5.69 Å². The molecule has 8 nitrogen and oxygen atoms in total. The van der Waals surface area contributed by atoms with Crippen LogP contribution in [-0.2, 0) is 19.1 Å². The smallest absolute Gasteiger partial charge is 0.250 e. The fraction of sp³-hybridized carbons (Fsp3) is 0.654. The van der Waals surface area contributed by atoms with Crippen LogP contribution in [0.15, 0.2) is 24.3 Å². The van der Waals surface area contributed by atoms with Gasteiger partial charge in [0, 0.05) is 17.3 Å². The number of amides is 3. The Hall–Kier alpha value is -2.16. The minimum Gasteiger partial charge on any atom is -0.394 e. The van der Waals surface area contributed by atoms with E-state index in [1.807, 2.05) is 34.6 Å². The first-order valence-electron chi connectivity index (χ1n) is 12.5. The van der Waals surface area contributed by atoms with Gasteiger partial charge >= 0.3 is 0 Å². The number of fused-ring (bicyclic) bond motifs is 1. The van der Waals surface area contributed by atoms with Gasteiger partial charge < -0.3 is 25.4 Å². The Morgan fingerprint density at radius 2 is 1.91 bits per heavy atom. The van der Waals surface area contributed by atoms with E-state index in [1.54, 1.807) is 24.3 Å². The lowest BCUT2D eigenvalue weighted by Gasteiger charge is -2.38. The van der Waals surface area contributed by atoms with Crippen molar-refractivity contribution in [2.24, 2.45) is 23.7 Å². The molecule has 2 bridgehead atoms. The minimum atomic E-state index is -1.15. The summed E-state index contributed by atoms with van der Waals surface area (Å²) in [5.74, 6) is -2.58. The van der Waals surface area contributed by atoms with Crippen LogP contribution in [0.2, 0.25) is 5.02 Å². The Morgan fingerprint density at radius 3 is 2.49 bits per heavy atom. The second-order valence-electron chi connectivity index (χ2n) is 10.7. The first-order valence-corrected chi connectivity index (χ1v) is 12.9. The van der Waals surface area contributed by atoms with Crippen LogP contribution in [0.25, 0.3) is 0 Å². The number of aliphatic hydroxyl groups excluding tert-OH is 1. The van der Waals surface area contributed by atoms with E-state index in [0.717, 1.165) is 6.42 Å². The summed E-state index contributed by atoms with van der Waals surface area (Å²) in [5.41, 5.74) is -1.48. The standard InChI is InChI=1S/C26H36ClN3O5/c1-6-11-28-22(32)19-20-24(34)30(18(13-31)14(2)3)21(26(20)12-15(4)25(19,5)35-26)23(33)29-17-9-7-16(27)8-10-17/h7-10,14-15,18-21,31H,6,11-13H2,1-5H3,(H,28,32)(H,29,33)/t15?,18-,19+,20-,21?,25-,26?/m0/s1. The number of anilines is 1. The van der Waals surface area contributed by atoms with Gasteiger partial charge in [-0.1, -0.05) is 39.3 Å². The maximum absolute atomic E-state index is 14.1. The largest absolute Gasteiger partial charge is 0.394 e. The molecule has 35 heavy (non-hydrogen) atoms. The molecule has 4 rings (SSSR count). The quantitative estimate of drug-likeness (QED) is 0.503. The lowest BCUT2D eigenvalue weighted by Crippen LogP contribution is -2.57. The number of aliphatic hydroxyl groups is 1. The van der Waals surface area contributed by atoms with E-state index in [-0.39, 0.29) is 30.3 Å². The molecular weight excluding hydrogens is 470 g/mol. The van der Waals surface area contributed by atoms with Crippen molar-refractivity contribution in [3.63, 3.8) is 0 Å². The fourth-order valence-electron chi connectivity index (χ4n) is 6.46. The highest BCUT2D eigenvalue weighted by Gasteiger charge is 2.80. The molecule has 1 spiro atoms. The molecule has 192 valence electrons. The second-order valence-corrected chi connectivity index (χ2v) is 11.2. The van der Waals surface area contributed by atoms with Gasteiger partial charge in [-0.05, 0) is 55.9 Å². The molecule has 0 radical (unpaired) electrons. The van der Waals surface area contributed by atoms with Crippen LogP contribution in [0.1, 0.15) is 47.5 Å². The minimum absolute atomic E-state index is 0.0404. The van der Waals surface area contributed by atoms with Crippen molar-refractivity contribution in [1.29, 1.82) is 0 Å². The van der Waals surface area contributed by atoms with E-state index in [1.165, 1.54) is 4.90 Å². The summed E-state index contributed by atoms with van der Waals surface area (Å²) in [6, 6.07) is 5.17. The number of nitrogens with one attached hydrogen (secondary N) is 2. The van der Waals surface area contributed by atoms with Crippen molar-refractivity contribution in [2.45, 2.75) is 70.7 Å². The van der Waals surface area contributed by atoms with Gasteiger partial charge in [-0.25, -0.2) is 0 Å². The molecule has 3 aliphatic heterocycles. The molecule has 1 aromatic rings. The molecule has 0 aliphatic carbocycles. The maximum atomic E-state index is 14.1. The number of hydrogen-bond acceptors (Lipinski definition) is 5. The Kier molecular flexibility index (Phi) is 6.94. The number of hydrogen-bond donors (Lipinski definition) is 3. The summed E-state index contributed by atoms with van der Waals surface area (Å²) in [6.45, 7) is 9.89. The summed E-state index contributed by atoms with van der Waals surface area (Å²) in [5, 5.41) is 16.7. The lowest BCUT2D eigenvalue weighted by atomic mass is 9.62. The summed E-state index contributed by atoms with van der Waals surface area (Å²) in [7, 11) is 0. The van der Waals surface area contributed by atoms with Crippen molar-refractivity contribution >= 4 is 35.0 Å². The predicted octanol–water partition coefficient (Wildman–Crippen LogP) is 2.83. The third-order valence-corrected chi connectivity index (χ3v) is 8.51. The molecule has 3 amide bonds. The van der Waals surface area contributed by atoms with Gasteiger partial charge in [0.25, 0.3) is 0 Å². The molecule has 1 aromatic carbocycles. The Balaban J connectivity index is 1.79. The number of benzene rings is 1. The Bertz CT molecular complexity index is 1000. The third kappa shape index (κ3) is 3.94. The van der Waals surface area contributed by atoms with E-state index < -0.39 is 41.0 Å². The molecule has 3 aliphatic rings. The van der Waals surface area contributed by atoms with E-state index >= 15 is 0 Å². The monoisotopic (exact) mass is 505 g/mol. The topological polar surface area (TPSA) is 108 Å². The fourth-order valence-corrected chi connectivity index (χ4v) is 6.58. The van der Waals surface area contributed by atoms with Crippen LogP contribution < -0.4 is 10.6 Å². The zero-order valence-electron chi connectivity index (χ0n) is 21.0. The Labute approximate surface area is 211 Å². The van der Waals surface area contributed by atoms with E-state index in [9.17, 15) is 19.5 Å². The van der Waals surface area contributed by atoms with E-state index in [4.69, 9.17) is 16.3 Å². The van der Waals surface area contributed by atoms with Gasteiger partial charge in [-0.2, -0.15) is 0 Å². The number of halogens is 1. The van der Waals surface area contributed by atoms with Gasteiger partial charge in [0.05, 0.1) is 30.1 Å². The number of nitrogens with zero attached hydrogens (tertiary/aromatic N) is 1. The van der Waals surface area contributed by atoms with Crippen LogP contribution in [-0.4, -0.2) is 64.2 Å². The summed E-state index contributed by atoms with van der Waals surface area (Å²) in [4.78, 5) is 42.8. The van der Waals surface area contributed by atoms with Gasteiger partial charge in [0.1, 0.15) is 11.6 Å². The summed E-state index contributed by atoms with van der Waals surface area (Å²) < 4.78 is 6.68. The molecule has 7 atom stereocenters. The van der Waals surface area contributed by atoms with Crippen molar-refractivity contribution in [3.8, 4) is 0 Å². The maximum Gasteiger partial charge on any atom is 0.250 e. The zero-order chi connectivity index (χ0) is 25.7. The van der Waals surface area contributed by atoms with Crippen LogP contribution in [0.5, 0.6) is 0 Å². The van der Waals surface area contributed by atoms with Gasteiger partial charge in [0.2, 0.25) is 17.7 Å². The highest BCUT2D eigenvalue weighted by Crippen LogP contribution is 2.65. The molecular formula is C26H36ClN3O5. The second kappa shape index (κ2) is 9.37.